The highest BCUT2D eigenvalue weighted by molar-refractivity contribution is 7.18. The van der Waals surface area contributed by atoms with Gasteiger partial charge in [-0.3, -0.25) is 0 Å². The Labute approximate surface area is 190 Å². The zero-order chi connectivity index (χ0) is 19.5. The maximum atomic E-state index is 6.50. The molecule has 4 rings (SSSR count). The third kappa shape index (κ3) is 4.73. The molecule has 4 aromatic rings. The third-order valence-corrected chi connectivity index (χ3v) is 6.15. The van der Waals surface area contributed by atoms with Crippen LogP contribution in [0.25, 0.3) is 16.3 Å². The maximum Gasteiger partial charge on any atom is 0.306 e. The molecule has 7 heteroatoms. The highest BCUT2D eigenvalue weighted by atomic mass is 35.5. The van der Waals surface area contributed by atoms with E-state index in [-0.39, 0.29) is 12.4 Å². The lowest BCUT2D eigenvalue weighted by Gasteiger charge is -2.01. The average Bonchev–Trinajstić information content (AvgIpc) is 3.15. The SMILES string of the molecule is CCc1ccc(Nc2n[n+](-c3ccccc3)c(-c3cccc(Cl)c3Cl)s2)cc1.[Cl-]. The molecule has 148 valence electrons. The van der Waals surface area contributed by atoms with Crippen molar-refractivity contribution < 1.29 is 17.1 Å². The van der Waals surface area contributed by atoms with E-state index < -0.39 is 0 Å². The largest absolute Gasteiger partial charge is 1.00 e. The normalized spacial score (nSPS) is 10.4. The van der Waals surface area contributed by atoms with E-state index in [1.807, 2.05) is 47.1 Å². The molecule has 29 heavy (non-hydrogen) atoms. The third-order valence-electron chi connectivity index (χ3n) is 4.37. The van der Waals surface area contributed by atoms with Crippen molar-refractivity contribution in [1.82, 2.24) is 5.10 Å². The first-order valence-corrected chi connectivity index (χ1v) is 10.5. The lowest BCUT2D eigenvalue weighted by atomic mass is 10.1. The molecule has 0 aliphatic rings. The van der Waals surface area contributed by atoms with Crippen LogP contribution in [-0.4, -0.2) is 5.10 Å². The predicted molar refractivity (Wildman–Crippen MR) is 118 cm³/mol. The quantitative estimate of drug-likeness (QED) is 0.458. The molecular formula is C22H18Cl3N3S. The number of aryl methyl sites for hydroxylation is 1. The number of anilines is 2. The molecule has 0 spiro atoms. The molecule has 1 N–H and O–H groups in total. The van der Waals surface area contributed by atoms with Crippen molar-refractivity contribution >= 4 is 45.4 Å². The summed E-state index contributed by atoms with van der Waals surface area (Å²) in [7, 11) is 0. The van der Waals surface area contributed by atoms with Gasteiger partial charge >= 0.3 is 5.01 Å². The first-order chi connectivity index (χ1) is 13.7. The van der Waals surface area contributed by atoms with Gasteiger partial charge in [0.25, 0.3) is 5.13 Å². The second kappa shape index (κ2) is 9.59. The fourth-order valence-electron chi connectivity index (χ4n) is 2.87. The summed E-state index contributed by atoms with van der Waals surface area (Å²) < 4.78 is 1.89. The lowest BCUT2D eigenvalue weighted by Crippen LogP contribution is -3.00. The van der Waals surface area contributed by atoms with E-state index in [0.29, 0.717) is 10.0 Å². The summed E-state index contributed by atoms with van der Waals surface area (Å²) in [6.07, 6.45) is 1.02. The molecule has 0 bridgehead atoms. The van der Waals surface area contributed by atoms with Gasteiger partial charge in [-0.2, -0.15) is 0 Å². The Hall–Kier alpha value is -2.11. The molecule has 3 nitrogen and oxygen atoms in total. The molecule has 0 atom stereocenters. The molecule has 0 amide bonds. The fourth-order valence-corrected chi connectivity index (χ4v) is 4.30. The van der Waals surface area contributed by atoms with Gasteiger partial charge in [0.05, 0.1) is 15.6 Å². The van der Waals surface area contributed by atoms with Crippen LogP contribution in [0.2, 0.25) is 10.0 Å². The highest BCUT2D eigenvalue weighted by Gasteiger charge is 2.26. The summed E-state index contributed by atoms with van der Waals surface area (Å²) in [4.78, 5) is 0. The summed E-state index contributed by atoms with van der Waals surface area (Å²) in [5, 5.41) is 10.9. The summed E-state index contributed by atoms with van der Waals surface area (Å²) in [6.45, 7) is 2.15. The Bertz CT molecular complexity index is 1100. The Morgan fingerprint density at radius 1 is 0.931 bits per heavy atom. The number of rotatable bonds is 5. The van der Waals surface area contributed by atoms with Crippen molar-refractivity contribution in [3.8, 4) is 16.3 Å². The molecule has 3 aromatic carbocycles. The van der Waals surface area contributed by atoms with Crippen molar-refractivity contribution in [2.45, 2.75) is 13.3 Å². The van der Waals surface area contributed by atoms with E-state index in [9.17, 15) is 0 Å². The van der Waals surface area contributed by atoms with Crippen LogP contribution < -0.4 is 22.4 Å². The van der Waals surface area contributed by atoms with Crippen molar-refractivity contribution in [1.29, 1.82) is 0 Å². The second-order valence-electron chi connectivity index (χ2n) is 6.24. The van der Waals surface area contributed by atoms with Gasteiger partial charge in [-0.25, -0.2) is 0 Å². The minimum absolute atomic E-state index is 0. The van der Waals surface area contributed by atoms with E-state index in [4.69, 9.17) is 28.3 Å². The molecule has 0 unspecified atom stereocenters. The Morgan fingerprint density at radius 2 is 1.66 bits per heavy atom. The number of aromatic nitrogens is 2. The topological polar surface area (TPSA) is 28.8 Å². The highest BCUT2D eigenvalue weighted by Crippen LogP contribution is 2.36. The molecule has 0 saturated carbocycles. The van der Waals surface area contributed by atoms with Crippen LogP contribution in [0.1, 0.15) is 12.5 Å². The Kier molecular flexibility index (Phi) is 7.14. The van der Waals surface area contributed by atoms with E-state index in [1.165, 1.54) is 16.9 Å². The molecule has 1 heterocycles. The number of benzene rings is 3. The van der Waals surface area contributed by atoms with Gasteiger partial charge in [0.1, 0.15) is 0 Å². The Morgan fingerprint density at radius 3 is 2.34 bits per heavy atom. The van der Waals surface area contributed by atoms with Crippen LogP contribution in [0.3, 0.4) is 0 Å². The van der Waals surface area contributed by atoms with Crippen LogP contribution in [0.5, 0.6) is 0 Å². The van der Waals surface area contributed by atoms with Crippen LogP contribution in [-0.2, 0) is 6.42 Å². The maximum absolute atomic E-state index is 6.50. The van der Waals surface area contributed by atoms with E-state index in [2.05, 4.69) is 36.5 Å². The zero-order valence-electron chi connectivity index (χ0n) is 15.6. The summed E-state index contributed by atoms with van der Waals surface area (Å²) in [5.74, 6) is 0. The number of halogens is 3. The number of nitrogens with zero attached hydrogens (tertiary/aromatic N) is 2. The Balaban J connectivity index is 0.00000240. The number of nitrogens with one attached hydrogen (secondary N) is 1. The summed E-state index contributed by atoms with van der Waals surface area (Å²) in [6, 6.07) is 24.0. The van der Waals surface area contributed by atoms with Crippen LogP contribution >= 0.6 is 34.5 Å². The van der Waals surface area contributed by atoms with Crippen molar-refractivity contribution in [2.75, 3.05) is 5.32 Å². The van der Waals surface area contributed by atoms with Crippen molar-refractivity contribution in [3.05, 3.63) is 88.4 Å². The van der Waals surface area contributed by atoms with Gasteiger partial charge in [-0.1, -0.05) is 66.5 Å². The monoisotopic (exact) mass is 461 g/mol. The molecule has 0 aliphatic carbocycles. The van der Waals surface area contributed by atoms with Gasteiger partial charge in [-0.15, -0.1) is 0 Å². The first kappa shape index (κ1) is 21.6. The van der Waals surface area contributed by atoms with Crippen molar-refractivity contribution in [3.63, 3.8) is 0 Å². The molecule has 0 saturated heterocycles. The molecule has 0 fully saturated rings. The second-order valence-corrected chi connectivity index (χ2v) is 8.00. The standard InChI is InChI=1S/C22H18Cl2N3S.ClH/c1-2-15-11-13-16(14-12-15)25-22-26-27(17-7-4-3-5-8-17)21(28-22)18-9-6-10-19(23)20(18)24;/h3-14H,2H2,1H3,(H,25,26);1H/q+1;/p-1. The summed E-state index contributed by atoms with van der Waals surface area (Å²) in [5.41, 5.74) is 4.11. The summed E-state index contributed by atoms with van der Waals surface area (Å²) >= 11 is 14.3. The smallest absolute Gasteiger partial charge is 0.306 e. The van der Waals surface area contributed by atoms with E-state index in [1.54, 1.807) is 6.07 Å². The fraction of sp³-hybridized carbons (Fsp3) is 0.0909. The average molecular weight is 463 g/mol. The molecular weight excluding hydrogens is 445 g/mol. The minimum Gasteiger partial charge on any atom is -1.00 e. The van der Waals surface area contributed by atoms with E-state index in [0.717, 1.165) is 33.5 Å². The molecule has 1 aromatic heterocycles. The van der Waals surface area contributed by atoms with Gasteiger partial charge in [-0.05, 0) is 52.3 Å². The lowest BCUT2D eigenvalue weighted by molar-refractivity contribution is -0.642. The van der Waals surface area contributed by atoms with Gasteiger partial charge in [0.2, 0.25) is 5.69 Å². The van der Waals surface area contributed by atoms with E-state index >= 15 is 0 Å². The van der Waals surface area contributed by atoms with Gasteiger partial charge in [0, 0.05) is 22.9 Å². The number of hydrogen-bond acceptors (Lipinski definition) is 3. The predicted octanol–water partition coefficient (Wildman–Crippen LogP) is 3.70. The number of para-hydroxylation sites is 1. The van der Waals surface area contributed by atoms with Gasteiger partial charge < -0.3 is 17.7 Å². The van der Waals surface area contributed by atoms with Gasteiger partial charge in [0.15, 0.2) is 0 Å². The molecule has 0 aliphatic heterocycles. The van der Waals surface area contributed by atoms with Crippen LogP contribution in [0.4, 0.5) is 10.8 Å². The van der Waals surface area contributed by atoms with Crippen LogP contribution in [0.15, 0.2) is 72.8 Å². The first-order valence-electron chi connectivity index (χ1n) is 8.94. The molecule has 0 radical (unpaired) electrons. The minimum atomic E-state index is 0. The van der Waals surface area contributed by atoms with Crippen LogP contribution in [0, 0.1) is 0 Å². The zero-order valence-corrected chi connectivity index (χ0v) is 18.7. The van der Waals surface area contributed by atoms with Crippen molar-refractivity contribution in [2.24, 2.45) is 0 Å². The number of hydrogen-bond donors (Lipinski definition) is 1.